The van der Waals surface area contributed by atoms with Crippen molar-refractivity contribution in [2.75, 3.05) is 5.32 Å². The Morgan fingerprint density at radius 3 is 2.61 bits per heavy atom. The Morgan fingerprint density at radius 2 is 1.96 bits per heavy atom. The van der Waals surface area contributed by atoms with Gasteiger partial charge in [-0.25, -0.2) is 19.2 Å². The molecule has 2 rings (SSSR count). The number of carbonyl (C=O) groups excluding carboxylic acids is 1. The summed E-state index contributed by atoms with van der Waals surface area (Å²) in [6.07, 6.45) is 0.495. The highest BCUT2D eigenvalue weighted by Gasteiger charge is 2.21. The number of anilines is 1. The summed E-state index contributed by atoms with van der Waals surface area (Å²) in [5, 5.41) is 2.30. The predicted octanol–water partition coefficient (Wildman–Crippen LogP) is 4.42. The molecule has 0 aliphatic heterocycles. The van der Waals surface area contributed by atoms with Gasteiger partial charge in [0.05, 0.1) is 5.69 Å². The van der Waals surface area contributed by atoms with Crippen LogP contribution in [0.15, 0.2) is 24.4 Å². The third-order valence-electron chi connectivity index (χ3n) is 2.60. The van der Waals surface area contributed by atoms with Gasteiger partial charge < -0.3 is 4.74 Å². The van der Waals surface area contributed by atoms with Gasteiger partial charge >= 0.3 is 6.09 Å². The summed E-state index contributed by atoms with van der Waals surface area (Å²) in [6.45, 7) is 5.06. The van der Waals surface area contributed by atoms with Crippen LogP contribution in [0.3, 0.4) is 0 Å². The average molecular weight is 342 g/mol. The summed E-state index contributed by atoms with van der Waals surface area (Å²) in [4.78, 5) is 19.2. The number of hydrogen-bond donors (Lipinski definition) is 1. The second kappa shape index (κ2) is 6.45. The van der Waals surface area contributed by atoms with Crippen molar-refractivity contribution in [2.24, 2.45) is 0 Å². The summed E-state index contributed by atoms with van der Waals surface area (Å²) in [7, 11) is 0. The fraction of sp³-hybridized carbons (Fsp3) is 0.267. The smallest absolute Gasteiger partial charge is 0.412 e. The van der Waals surface area contributed by atoms with Gasteiger partial charge in [0.2, 0.25) is 5.95 Å². The predicted molar refractivity (Wildman–Crippen MR) is 82.3 cm³/mol. The molecule has 1 N–H and O–H groups in total. The fourth-order valence-corrected chi connectivity index (χ4v) is 1.97. The molecule has 2 aromatic heterocycles. The van der Waals surface area contributed by atoms with Crippen LogP contribution in [-0.2, 0) is 4.74 Å². The minimum absolute atomic E-state index is 0.0135. The van der Waals surface area contributed by atoms with E-state index in [1.165, 1.54) is 12.3 Å². The van der Waals surface area contributed by atoms with Gasteiger partial charge in [0, 0.05) is 11.8 Å². The van der Waals surface area contributed by atoms with Crippen LogP contribution in [0.1, 0.15) is 20.8 Å². The van der Waals surface area contributed by atoms with Crippen molar-refractivity contribution >= 4 is 23.4 Å². The molecule has 0 radical (unpaired) electrons. The van der Waals surface area contributed by atoms with Crippen LogP contribution >= 0.6 is 11.6 Å². The van der Waals surface area contributed by atoms with Gasteiger partial charge in [-0.1, -0.05) is 11.6 Å². The second-order valence-electron chi connectivity index (χ2n) is 5.62. The summed E-state index contributed by atoms with van der Waals surface area (Å²) >= 11 is 5.96. The number of carbonyl (C=O) groups is 1. The van der Waals surface area contributed by atoms with E-state index in [2.05, 4.69) is 15.3 Å². The quantitative estimate of drug-likeness (QED) is 0.821. The first-order valence-electron chi connectivity index (χ1n) is 6.64. The van der Waals surface area contributed by atoms with Crippen molar-refractivity contribution in [1.29, 1.82) is 0 Å². The van der Waals surface area contributed by atoms with E-state index in [-0.39, 0.29) is 22.1 Å². The Hall–Kier alpha value is -2.28. The Morgan fingerprint density at radius 1 is 1.26 bits per heavy atom. The largest absolute Gasteiger partial charge is 0.444 e. The highest BCUT2D eigenvalue weighted by molar-refractivity contribution is 6.33. The molecule has 0 bridgehead atoms. The summed E-state index contributed by atoms with van der Waals surface area (Å²) in [5.74, 6) is -1.63. The topological polar surface area (TPSA) is 64.1 Å². The van der Waals surface area contributed by atoms with Gasteiger partial charge in [-0.3, -0.25) is 5.32 Å². The first-order valence-corrected chi connectivity index (χ1v) is 7.02. The maximum Gasteiger partial charge on any atom is 0.412 e. The second-order valence-corrected chi connectivity index (χ2v) is 5.97. The van der Waals surface area contributed by atoms with Crippen molar-refractivity contribution in [2.45, 2.75) is 26.4 Å². The van der Waals surface area contributed by atoms with Gasteiger partial charge in [-0.15, -0.1) is 0 Å². The number of rotatable bonds is 2. The minimum atomic E-state index is -0.863. The Labute approximate surface area is 136 Å². The number of nitrogens with one attached hydrogen (secondary N) is 1. The molecule has 0 unspecified atom stereocenters. The van der Waals surface area contributed by atoms with Gasteiger partial charge in [0.25, 0.3) is 0 Å². The van der Waals surface area contributed by atoms with E-state index in [4.69, 9.17) is 16.3 Å². The lowest BCUT2D eigenvalue weighted by Gasteiger charge is -2.20. The van der Waals surface area contributed by atoms with Crippen molar-refractivity contribution in [3.8, 4) is 11.3 Å². The molecule has 0 atom stereocenters. The molecule has 2 heterocycles. The molecule has 0 saturated heterocycles. The lowest BCUT2D eigenvalue weighted by Crippen LogP contribution is -2.27. The van der Waals surface area contributed by atoms with Crippen LogP contribution in [0.25, 0.3) is 11.3 Å². The van der Waals surface area contributed by atoms with E-state index in [1.54, 1.807) is 20.8 Å². The van der Waals surface area contributed by atoms with E-state index in [0.717, 1.165) is 12.1 Å². The number of ether oxygens (including phenoxy) is 1. The molecule has 2 aromatic rings. The maximum absolute atomic E-state index is 13.9. The minimum Gasteiger partial charge on any atom is -0.444 e. The van der Waals surface area contributed by atoms with Crippen LogP contribution in [0, 0.1) is 11.8 Å². The van der Waals surface area contributed by atoms with Crippen LogP contribution in [0.4, 0.5) is 19.3 Å². The van der Waals surface area contributed by atoms with E-state index < -0.39 is 23.5 Å². The van der Waals surface area contributed by atoms with Crippen LogP contribution in [0.5, 0.6) is 0 Å². The summed E-state index contributed by atoms with van der Waals surface area (Å²) in [6, 6.07) is 3.19. The molecule has 0 aliphatic rings. The normalized spacial score (nSPS) is 11.2. The van der Waals surface area contributed by atoms with Crippen molar-refractivity contribution in [3.05, 3.63) is 41.3 Å². The highest BCUT2D eigenvalue weighted by Crippen LogP contribution is 2.33. The molecule has 5 nitrogen and oxygen atoms in total. The van der Waals surface area contributed by atoms with Gasteiger partial charge in [-0.05, 0) is 39.0 Å². The van der Waals surface area contributed by atoms with E-state index in [9.17, 15) is 13.6 Å². The molecule has 0 aliphatic carbocycles. The molecule has 122 valence electrons. The lowest BCUT2D eigenvalue weighted by atomic mass is 10.1. The van der Waals surface area contributed by atoms with Crippen LogP contribution in [0.2, 0.25) is 5.15 Å². The number of nitrogens with zero attached hydrogens (tertiary/aromatic N) is 2. The van der Waals surface area contributed by atoms with Crippen molar-refractivity contribution < 1.29 is 18.3 Å². The first kappa shape index (κ1) is 17.1. The number of amides is 1. The first-order chi connectivity index (χ1) is 10.7. The van der Waals surface area contributed by atoms with Gasteiger partial charge in [0.1, 0.15) is 17.1 Å². The molecular formula is C15H14ClF2N3O2. The molecular weight excluding hydrogens is 328 g/mol. The van der Waals surface area contributed by atoms with Gasteiger partial charge in [0.15, 0.2) is 5.15 Å². The molecule has 0 spiro atoms. The zero-order valence-electron chi connectivity index (χ0n) is 12.7. The maximum atomic E-state index is 13.9. The Balaban J connectivity index is 2.45. The van der Waals surface area contributed by atoms with E-state index in [0.29, 0.717) is 0 Å². The van der Waals surface area contributed by atoms with E-state index in [1.807, 2.05) is 0 Å². The number of halogens is 3. The third-order valence-corrected chi connectivity index (χ3v) is 2.88. The van der Waals surface area contributed by atoms with E-state index >= 15 is 0 Å². The average Bonchev–Trinajstić information content (AvgIpc) is 2.42. The zero-order chi connectivity index (χ0) is 17.2. The summed E-state index contributed by atoms with van der Waals surface area (Å²) < 4.78 is 32.4. The molecule has 0 fully saturated rings. The van der Waals surface area contributed by atoms with Crippen molar-refractivity contribution in [3.63, 3.8) is 0 Å². The van der Waals surface area contributed by atoms with Crippen LogP contribution in [-0.4, -0.2) is 21.7 Å². The van der Waals surface area contributed by atoms with Gasteiger partial charge in [-0.2, -0.15) is 4.39 Å². The van der Waals surface area contributed by atoms with Crippen molar-refractivity contribution in [1.82, 2.24) is 9.97 Å². The molecule has 1 amide bonds. The molecule has 0 saturated carbocycles. The number of hydrogen-bond acceptors (Lipinski definition) is 4. The third kappa shape index (κ3) is 4.35. The summed E-state index contributed by atoms with van der Waals surface area (Å²) in [5.41, 5.74) is -0.949. The zero-order valence-corrected chi connectivity index (χ0v) is 13.4. The lowest BCUT2D eigenvalue weighted by molar-refractivity contribution is 0.0636. The number of pyridine rings is 2. The monoisotopic (exact) mass is 341 g/mol. The van der Waals surface area contributed by atoms with Crippen LogP contribution < -0.4 is 5.32 Å². The molecule has 23 heavy (non-hydrogen) atoms. The standard InChI is InChI=1S/C15H14ClF2N3O2/c1-15(2,3)23-14(22)21-12-8(6-7-19-13(12)16)11-9(17)4-5-10(18)20-11/h4-7H,1-3H3,(H,21,22). The highest BCUT2D eigenvalue weighted by atomic mass is 35.5. The molecule has 0 aromatic carbocycles. The Kier molecular flexibility index (Phi) is 4.79. The number of aromatic nitrogens is 2. The SMILES string of the molecule is CC(C)(C)OC(=O)Nc1c(-c2nc(F)ccc2F)ccnc1Cl. The Bertz CT molecular complexity index is 748. The fourth-order valence-electron chi connectivity index (χ4n) is 1.77. The molecule has 8 heteroatoms.